The summed E-state index contributed by atoms with van der Waals surface area (Å²) in [7, 11) is 0. The van der Waals surface area contributed by atoms with Gasteiger partial charge in [0.15, 0.2) is 0 Å². The average molecular weight is 228 g/mol. The lowest BCUT2D eigenvalue weighted by molar-refractivity contribution is 0.339. The van der Waals surface area contributed by atoms with Crippen LogP contribution in [0.2, 0.25) is 0 Å². The molecule has 1 aromatic carbocycles. The molecule has 1 heterocycles. The third-order valence-corrected chi connectivity index (χ3v) is 2.55. The summed E-state index contributed by atoms with van der Waals surface area (Å²) in [6.45, 7) is 3.18. The number of aromatic nitrogens is 1. The third-order valence-electron chi connectivity index (χ3n) is 2.55. The summed E-state index contributed by atoms with van der Waals surface area (Å²) in [5.74, 6) is 0.799. The van der Waals surface area contributed by atoms with Crippen molar-refractivity contribution >= 4 is 0 Å². The highest BCUT2D eigenvalue weighted by molar-refractivity contribution is 5.64. The van der Waals surface area contributed by atoms with E-state index in [2.05, 4.69) is 17.1 Å². The van der Waals surface area contributed by atoms with Gasteiger partial charge in [-0.2, -0.15) is 0 Å². The van der Waals surface area contributed by atoms with Gasteiger partial charge in [0.1, 0.15) is 5.75 Å². The Balaban J connectivity index is 2.28. The molecule has 2 aromatic rings. The molecule has 0 amide bonds. The lowest BCUT2D eigenvalue weighted by Gasteiger charge is -2.06. The van der Waals surface area contributed by atoms with Crippen molar-refractivity contribution in [2.45, 2.75) is 13.5 Å². The summed E-state index contributed by atoms with van der Waals surface area (Å²) < 4.78 is 5.43. The van der Waals surface area contributed by atoms with Crippen LogP contribution in [0.5, 0.6) is 5.75 Å². The number of hydrogen-bond acceptors (Lipinski definition) is 3. The first kappa shape index (κ1) is 11.6. The van der Waals surface area contributed by atoms with E-state index in [0.29, 0.717) is 13.2 Å². The minimum Gasteiger partial charge on any atom is -0.492 e. The second kappa shape index (κ2) is 5.46. The molecule has 0 unspecified atom stereocenters. The van der Waals surface area contributed by atoms with Crippen molar-refractivity contribution in [3.8, 4) is 16.9 Å². The van der Waals surface area contributed by atoms with Gasteiger partial charge in [0.2, 0.25) is 0 Å². The van der Waals surface area contributed by atoms with Crippen LogP contribution < -0.4 is 10.5 Å². The third kappa shape index (κ3) is 2.82. The minimum atomic E-state index is 0.567. The number of rotatable bonds is 4. The Bertz CT molecular complexity index is 480. The molecule has 0 bridgehead atoms. The summed E-state index contributed by atoms with van der Waals surface area (Å²) >= 11 is 0. The number of benzene rings is 1. The van der Waals surface area contributed by atoms with E-state index in [4.69, 9.17) is 10.5 Å². The van der Waals surface area contributed by atoms with Gasteiger partial charge in [-0.15, -0.1) is 0 Å². The lowest BCUT2D eigenvalue weighted by atomic mass is 10.1. The molecule has 0 fully saturated rings. The van der Waals surface area contributed by atoms with Gasteiger partial charge in [-0.1, -0.05) is 24.3 Å². The van der Waals surface area contributed by atoms with E-state index < -0.39 is 0 Å². The van der Waals surface area contributed by atoms with Crippen molar-refractivity contribution in [2.24, 2.45) is 5.73 Å². The van der Waals surface area contributed by atoms with Crippen molar-refractivity contribution in [2.75, 3.05) is 6.61 Å². The smallest absolute Gasteiger partial charge is 0.138 e. The molecular formula is C14H16N2O. The highest BCUT2D eigenvalue weighted by Gasteiger charge is 2.00. The number of nitrogens with two attached hydrogens (primary N) is 1. The van der Waals surface area contributed by atoms with Gasteiger partial charge in [0, 0.05) is 18.3 Å². The van der Waals surface area contributed by atoms with Gasteiger partial charge >= 0.3 is 0 Å². The van der Waals surface area contributed by atoms with Crippen molar-refractivity contribution in [3.63, 3.8) is 0 Å². The quantitative estimate of drug-likeness (QED) is 0.875. The molecule has 0 aliphatic rings. The van der Waals surface area contributed by atoms with Gasteiger partial charge < -0.3 is 10.5 Å². The number of ether oxygens (including phenoxy) is 1. The fourth-order valence-electron chi connectivity index (χ4n) is 1.66. The Morgan fingerprint density at radius 2 is 1.88 bits per heavy atom. The van der Waals surface area contributed by atoms with Gasteiger partial charge in [0.05, 0.1) is 12.8 Å². The minimum absolute atomic E-state index is 0.567. The Morgan fingerprint density at radius 3 is 2.53 bits per heavy atom. The molecule has 3 nitrogen and oxygen atoms in total. The molecule has 0 aliphatic carbocycles. The van der Waals surface area contributed by atoms with Crippen LogP contribution in [0.15, 0.2) is 42.7 Å². The molecule has 0 aliphatic heterocycles. The highest BCUT2D eigenvalue weighted by Crippen LogP contribution is 2.22. The van der Waals surface area contributed by atoms with E-state index in [0.717, 1.165) is 22.4 Å². The number of pyridine rings is 1. The van der Waals surface area contributed by atoms with Gasteiger partial charge in [-0.05, 0) is 24.1 Å². The maximum atomic E-state index is 5.57. The summed E-state index contributed by atoms with van der Waals surface area (Å²) in [5.41, 5.74) is 8.87. The first-order valence-electron chi connectivity index (χ1n) is 5.70. The topological polar surface area (TPSA) is 48.1 Å². The average Bonchev–Trinajstić information content (AvgIpc) is 2.40. The van der Waals surface area contributed by atoms with Crippen LogP contribution in [-0.2, 0) is 6.54 Å². The normalized spacial score (nSPS) is 10.2. The summed E-state index contributed by atoms with van der Waals surface area (Å²) in [4.78, 5) is 4.17. The van der Waals surface area contributed by atoms with E-state index in [-0.39, 0.29) is 0 Å². The maximum absolute atomic E-state index is 5.57. The Hall–Kier alpha value is -1.87. The van der Waals surface area contributed by atoms with Crippen molar-refractivity contribution in [1.29, 1.82) is 0 Å². The summed E-state index contributed by atoms with van der Waals surface area (Å²) in [6, 6.07) is 10.2. The molecule has 3 heteroatoms. The summed E-state index contributed by atoms with van der Waals surface area (Å²) in [6.07, 6.45) is 3.56. The van der Waals surface area contributed by atoms with Crippen LogP contribution in [0.3, 0.4) is 0 Å². The molecule has 0 spiro atoms. The second-order valence-corrected chi connectivity index (χ2v) is 3.74. The monoisotopic (exact) mass is 228 g/mol. The molecular weight excluding hydrogens is 212 g/mol. The molecule has 0 saturated heterocycles. The molecule has 0 radical (unpaired) electrons. The van der Waals surface area contributed by atoms with Gasteiger partial charge in [0.25, 0.3) is 0 Å². The predicted octanol–water partition coefficient (Wildman–Crippen LogP) is 2.61. The lowest BCUT2D eigenvalue weighted by Crippen LogP contribution is -1.95. The Morgan fingerprint density at radius 1 is 1.12 bits per heavy atom. The predicted molar refractivity (Wildman–Crippen MR) is 68.7 cm³/mol. The molecule has 2 N–H and O–H groups in total. The molecule has 88 valence electrons. The molecule has 17 heavy (non-hydrogen) atoms. The maximum Gasteiger partial charge on any atom is 0.138 e. The van der Waals surface area contributed by atoms with Crippen LogP contribution in [0.25, 0.3) is 11.1 Å². The van der Waals surface area contributed by atoms with Crippen LogP contribution >= 0.6 is 0 Å². The molecule has 2 rings (SSSR count). The van der Waals surface area contributed by atoms with E-state index in [1.165, 1.54) is 0 Å². The van der Waals surface area contributed by atoms with E-state index in [1.807, 2.05) is 31.3 Å². The van der Waals surface area contributed by atoms with E-state index in [1.54, 1.807) is 6.20 Å². The zero-order chi connectivity index (χ0) is 12.1. The van der Waals surface area contributed by atoms with Gasteiger partial charge in [-0.25, -0.2) is 0 Å². The molecule has 0 saturated carbocycles. The standard InChI is InChI=1S/C14H16N2O/c1-2-17-14-7-13(9-16-10-14)12-5-3-11(8-15)4-6-12/h3-7,9-10H,2,8,15H2,1H3. The number of nitrogens with zero attached hydrogens (tertiary/aromatic N) is 1. The largest absolute Gasteiger partial charge is 0.492 e. The van der Waals surface area contributed by atoms with Gasteiger partial charge in [-0.3, -0.25) is 4.98 Å². The Labute approximate surface area is 101 Å². The van der Waals surface area contributed by atoms with E-state index >= 15 is 0 Å². The summed E-state index contributed by atoms with van der Waals surface area (Å²) in [5, 5.41) is 0. The fourth-order valence-corrected chi connectivity index (χ4v) is 1.66. The Kier molecular flexibility index (Phi) is 3.73. The second-order valence-electron chi connectivity index (χ2n) is 3.74. The fraction of sp³-hybridized carbons (Fsp3) is 0.214. The first-order valence-corrected chi connectivity index (χ1v) is 5.70. The van der Waals surface area contributed by atoms with Crippen LogP contribution in [0.1, 0.15) is 12.5 Å². The zero-order valence-electron chi connectivity index (χ0n) is 9.89. The number of hydrogen-bond donors (Lipinski definition) is 1. The van der Waals surface area contributed by atoms with E-state index in [9.17, 15) is 0 Å². The van der Waals surface area contributed by atoms with Crippen molar-refractivity contribution < 1.29 is 4.74 Å². The van der Waals surface area contributed by atoms with Crippen molar-refractivity contribution in [1.82, 2.24) is 4.98 Å². The zero-order valence-corrected chi connectivity index (χ0v) is 9.89. The van der Waals surface area contributed by atoms with Crippen LogP contribution in [-0.4, -0.2) is 11.6 Å². The molecule has 0 atom stereocenters. The SMILES string of the molecule is CCOc1cncc(-c2ccc(CN)cc2)c1. The van der Waals surface area contributed by atoms with Crippen molar-refractivity contribution in [3.05, 3.63) is 48.3 Å². The highest BCUT2D eigenvalue weighted by atomic mass is 16.5. The van der Waals surface area contributed by atoms with Crippen LogP contribution in [0, 0.1) is 0 Å². The molecule has 1 aromatic heterocycles. The van der Waals surface area contributed by atoms with Crippen LogP contribution in [0.4, 0.5) is 0 Å². The first-order chi connectivity index (χ1) is 8.33.